The van der Waals surface area contributed by atoms with Crippen molar-refractivity contribution in [2.24, 2.45) is 0 Å². The van der Waals surface area contributed by atoms with Crippen LogP contribution in [0, 0.1) is 0 Å². The van der Waals surface area contributed by atoms with E-state index in [1.54, 1.807) is 6.07 Å². The molecule has 0 aliphatic carbocycles. The molecule has 0 aliphatic heterocycles. The first-order valence-electron chi connectivity index (χ1n) is 5.12. The predicted molar refractivity (Wildman–Crippen MR) is 67.9 cm³/mol. The fourth-order valence-electron chi connectivity index (χ4n) is 1.38. The van der Waals surface area contributed by atoms with Crippen molar-refractivity contribution >= 4 is 21.6 Å². The Bertz CT molecular complexity index is 602. The molecule has 19 heavy (non-hydrogen) atoms. The van der Waals surface area contributed by atoms with Crippen LogP contribution in [0.3, 0.4) is 0 Å². The highest BCUT2D eigenvalue weighted by Gasteiger charge is 2.30. The summed E-state index contributed by atoms with van der Waals surface area (Å²) in [4.78, 5) is 3.89. The van der Waals surface area contributed by atoms with Gasteiger partial charge in [-0.25, -0.2) is 4.98 Å². The average molecular weight is 333 g/mol. The molecule has 2 aromatic rings. The van der Waals surface area contributed by atoms with E-state index in [9.17, 15) is 13.2 Å². The smallest absolute Gasteiger partial charge is 0.416 e. The van der Waals surface area contributed by atoms with Crippen LogP contribution in [0.1, 0.15) is 5.56 Å². The van der Waals surface area contributed by atoms with Crippen LogP contribution in [0.25, 0.3) is 0 Å². The lowest BCUT2D eigenvalue weighted by Gasteiger charge is -2.10. The molecule has 2 rings (SSSR count). The van der Waals surface area contributed by atoms with Crippen molar-refractivity contribution in [1.29, 1.82) is 0 Å². The molecule has 0 aliphatic rings. The molecule has 0 unspecified atom stereocenters. The first-order valence-corrected chi connectivity index (χ1v) is 5.92. The number of hydrogen-bond acceptors (Lipinski definition) is 3. The molecule has 1 heterocycles. The molecule has 0 amide bonds. The Labute approximate surface area is 115 Å². The van der Waals surface area contributed by atoms with Crippen LogP contribution in [0.4, 0.5) is 18.9 Å². The predicted octanol–water partition coefficient (Wildman–Crippen LogP) is 4.24. The number of hydrogen-bond donors (Lipinski definition) is 1. The highest BCUT2D eigenvalue weighted by molar-refractivity contribution is 9.10. The third-order valence-electron chi connectivity index (χ3n) is 2.22. The minimum Gasteiger partial charge on any atom is -0.437 e. The number of nitrogens with zero attached hydrogens (tertiary/aromatic N) is 1. The summed E-state index contributed by atoms with van der Waals surface area (Å²) in [6.07, 6.45) is -2.97. The third kappa shape index (κ3) is 3.37. The Morgan fingerprint density at radius 2 is 1.95 bits per heavy atom. The van der Waals surface area contributed by atoms with Crippen molar-refractivity contribution in [3.63, 3.8) is 0 Å². The van der Waals surface area contributed by atoms with Gasteiger partial charge in [0.1, 0.15) is 5.75 Å². The van der Waals surface area contributed by atoms with Crippen molar-refractivity contribution < 1.29 is 17.9 Å². The van der Waals surface area contributed by atoms with Gasteiger partial charge in [-0.3, -0.25) is 0 Å². The molecular formula is C12H8BrF3N2O. The number of anilines is 1. The molecule has 0 fully saturated rings. The van der Waals surface area contributed by atoms with Gasteiger partial charge in [0, 0.05) is 10.7 Å². The highest BCUT2D eigenvalue weighted by Crippen LogP contribution is 2.33. The van der Waals surface area contributed by atoms with Crippen molar-refractivity contribution in [3.8, 4) is 11.6 Å². The normalized spacial score (nSPS) is 11.4. The van der Waals surface area contributed by atoms with Gasteiger partial charge in [-0.2, -0.15) is 13.2 Å². The molecule has 3 nitrogen and oxygen atoms in total. The van der Waals surface area contributed by atoms with E-state index in [0.29, 0.717) is 4.47 Å². The average Bonchev–Trinajstić information content (AvgIpc) is 2.32. The maximum atomic E-state index is 12.5. The second-order valence-corrected chi connectivity index (χ2v) is 4.59. The Balaban J connectivity index is 2.29. The van der Waals surface area contributed by atoms with E-state index < -0.39 is 11.7 Å². The molecule has 0 bridgehead atoms. The summed E-state index contributed by atoms with van der Waals surface area (Å²) in [6.45, 7) is 0. The largest absolute Gasteiger partial charge is 0.437 e. The van der Waals surface area contributed by atoms with E-state index in [4.69, 9.17) is 10.5 Å². The second kappa shape index (κ2) is 5.08. The molecule has 100 valence electrons. The van der Waals surface area contributed by atoms with Crippen LogP contribution in [0.2, 0.25) is 0 Å². The fourth-order valence-corrected chi connectivity index (χ4v) is 1.72. The number of nitrogens with two attached hydrogens (primary N) is 1. The van der Waals surface area contributed by atoms with Gasteiger partial charge in [-0.05, 0) is 40.2 Å². The third-order valence-corrected chi connectivity index (χ3v) is 2.66. The molecular weight excluding hydrogens is 325 g/mol. The van der Waals surface area contributed by atoms with E-state index in [-0.39, 0.29) is 17.3 Å². The van der Waals surface area contributed by atoms with Gasteiger partial charge in [-0.15, -0.1) is 0 Å². The molecule has 2 N–H and O–H groups in total. The molecule has 1 aromatic carbocycles. The minimum absolute atomic E-state index is 0.0244. The number of halogens is 4. The van der Waals surface area contributed by atoms with Gasteiger partial charge < -0.3 is 10.5 Å². The van der Waals surface area contributed by atoms with Crippen LogP contribution in [0.5, 0.6) is 11.6 Å². The topological polar surface area (TPSA) is 48.1 Å². The number of benzene rings is 1. The lowest BCUT2D eigenvalue weighted by atomic mass is 10.2. The first-order chi connectivity index (χ1) is 8.86. The Hall–Kier alpha value is -1.76. The summed E-state index contributed by atoms with van der Waals surface area (Å²) in [7, 11) is 0. The van der Waals surface area contributed by atoms with E-state index in [1.165, 1.54) is 18.3 Å². The summed E-state index contributed by atoms with van der Waals surface area (Å²) in [5, 5.41) is 0. The second-order valence-electron chi connectivity index (χ2n) is 3.68. The van der Waals surface area contributed by atoms with Gasteiger partial charge in [0.05, 0.1) is 11.3 Å². The van der Waals surface area contributed by atoms with Gasteiger partial charge in [0.2, 0.25) is 5.88 Å². The van der Waals surface area contributed by atoms with Gasteiger partial charge in [0.25, 0.3) is 0 Å². The Kier molecular flexibility index (Phi) is 3.66. The summed E-state index contributed by atoms with van der Waals surface area (Å²) in [5.41, 5.74) is 5.09. The van der Waals surface area contributed by atoms with Crippen LogP contribution < -0.4 is 10.5 Å². The summed E-state index contributed by atoms with van der Waals surface area (Å²) < 4.78 is 43.5. The zero-order valence-corrected chi connectivity index (χ0v) is 11.0. The van der Waals surface area contributed by atoms with E-state index >= 15 is 0 Å². The number of pyridine rings is 1. The quantitative estimate of drug-likeness (QED) is 0.894. The molecule has 0 saturated carbocycles. The van der Waals surface area contributed by atoms with Gasteiger partial charge in [-0.1, -0.05) is 6.07 Å². The monoisotopic (exact) mass is 332 g/mol. The molecule has 0 atom stereocenters. The van der Waals surface area contributed by atoms with Crippen molar-refractivity contribution in [2.75, 3.05) is 5.73 Å². The number of alkyl halides is 3. The summed E-state index contributed by atoms with van der Waals surface area (Å²) in [5.74, 6) is 0.0823. The summed E-state index contributed by atoms with van der Waals surface area (Å²) >= 11 is 3.17. The van der Waals surface area contributed by atoms with Crippen LogP contribution >= 0.6 is 15.9 Å². The van der Waals surface area contributed by atoms with Crippen LogP contribution in [-0.4, -0.2) is 4.98 Å². The SMILES string of the molecule is Nc1cc(Br)cnc1Oc1cccc(C(F)(F)F)c1. The zero-order valence-electron chi connectivity index (χ0n) is 9.41. The molecule has 1 aromatic heterocycles. The number of ether oxygens (including phenoxy) is 1. The highest BCUT2D eigenvalue weighted by atomic mass is 79.9. The lowest BCUT2D eigenvalue weighted by Crippen LogP contribution is -2.04. The van der Waals surface area contributed by atoms with Gasteiger partial charge in [0.15, 0.2) is 0 Å². The van der Waals surface area contributed by atoms with Crippen LogP contribution in [0.15, 0.2) is 41.0 Å². The Morgan fingerprint density at radius 3 is 2.58 bits per heavy atom. The molecule has 0 spiro atoms. The van der Waals surface area contributed by atoms with Crippen molar-refractivity contribution in [3.05, 3.63) is 46.6 Å². The van der Waals surface area contributed by atoms with E-state index in [2.05, 4.69) is 20.9 Å². The molecule has 0 saturated heterocycles. The number of aromatic nitrogens is 1. The van der Waals surface area contributed by atoms with Crippen molar-refractivity contribution in [1.82, 2.24) is 4.98 Å². The van der Waals surface area contributed by atoms with Gasteiger partial charge >= 0.3 is 6.18 Å². The zero-order chi connectivity index (χ0) is 14.0. The summed E-state index contributed by atoms with van der Waals surface area (Å²) in [6, 6.07) is 6.07. The standard InChI is InChI=1S/C12H8BrF3N2O/c13-8-5-10(17)11(18-6-8)19-9-3-1-2-7(4-9)12(14,15)16/h1-6H,17H2. The maximum absolute atomic E-state index is 12.5. The molecule has 7 heteroatoms. The lowest BCUT2D eigenvalue weighted by molar-refractivity contribution is -0.137. The minimum atomic E-state index is -4.42. The van der Waals surface area contributed by atoms with Crippen molar-refractivity contribution in [2.45, 2.75) is 6.18 Å². The van der Waals surface area contributed by atoms with E-state index in [1.807, 2.05) is 0 Å². The number of nitrogen functional groups attached to an aromatic ring is 1. The molecule has 0 radical (unpaired) electrons. The Morgan fingerprint density at radius 1 is 1.21 bits per heavy atom. The van der Waals surface area contributed by atoms with Crippen LogP contribution in [-0.2, 0) is 6.18 Å². The number of rotatable bonds is 2. The maximum Gasteiger partial charge on any atom is 0.416 e. The first kappa shape index (κ1) is 13.7. The fraction of sp³-hybridized carbons (Fsp3) is 0.0833. The van der Waals surface area contributed by atoms with E-state index in [0.717, 1.165) is 12.1 Å².